The standard InChI is InChI=1S/C33H37FN4O4.C28H29FN4O2.C18H29N3O3.C15H10FNO2/c1-33(2,3)42-32(40)38-15-13-37(14-16-38)21-29(24-8-6-10-27(18-24)41-4)36-31(39)25-9-5-7-22(17-25)23-11-12-26-20-35-30(34)28(26)19-23;1-35-24-7-3-5-21(15-24)26(18-33-12-10-30-11-13-33)32-28(34)22-6-2-4-19(14-22)20-8-9-23-17-31-27(29)25(23)16-20;1-18(2,3)24-17(22)21-10-8-20(9-11-21)13-16(19)14-6-5-7-15(12-14)23-4;16-14-13-7-10(4-5-12(13)8-17-14)9-2-1-3-11(6-9)15(18)19/h5-12,17-19,29H,13-16,20-21H2,1-4H3,(H,36,39);2-9,14-16,26,30H,10-13,17-18H2,1H3,(H,32,34);5-7,12,16H,8-11,13,19H2,1-4H3;1-7H,8H2,(H,18,19). The molecular weight excluding hydrogens is 1530 g/mol. The Morgan fingerprint density at radius 1 is 0.417 bits per heavy atom. The summed E-state index contributed by atoms with van der Waals surface area (Å²) in [5.74, 6) is -0.389. The molecule has 9 aromatic rings. The van der Waals surface area contributed by atoms with Crippen LogP contribution in [0.15, 0.2) is 215 Å². The number of hydrogen-bond acceptors (Lipinski definition) is 18. The van der Waals surface area contributed by atoms with Gasteiger partial charge in [-0.25, -0.2) is 14.4 Å². The Morgan fingerprint density at radius 2 is 0.742 bits per heavy atom. The Labute approximate surface area is 699 Å². The molecule has 0 bridgehead atoms. The molecule has 0 aromatic heterocycles. The van der Waals surface area contributed by atoms with Crippen molar-refractivity contribution in [3.8, 4) is 50.6 Å². The van der Waals surface area contributed by atoms with Crippen LogP contribution in [0.2, 0.25) is 0 Å². The first kappa shape index (κ1) is 87.2. The smallest absolute Gasteiger partial charge is 0.410 e. The summed E-state index contributed by atoms with van der Waals surface area (Å²) in [4.78, 5) is 84.4. The molecule has 9 aromatic carbocycles. The lowest BCUT2D eigenvalue weighted by molar-refractivity contribution is 0.0130. The van der Waals surface area contributed by atoms with Gasteiger partial charge in [0, 0.05) is 132 Å². The van der Waals surface area contributed by atoms with Gasteiger partial charge in [0.2, 0.25) is 17.9 Å². The minimum Gasteiger partial charge on any atom is -0.497 e. The number of carboxylic acid groups (broad SMARTS) is 1. The average molecular weight is 1640 g/mol. The fourth-order valence-corrected chi connectivity index (χ4v) is 14.7. The zero-order chi connectivity index (χ0) is 85.2. The molecule has 0 aliphatic carbocycles. The number of halogens is 3. The number of benzene rings is 9. The number of carbonyl (C=O) groups excluding carboxylic acids is 4. The van der Waals surface area contributed by atoms with E-state index in [0.717, 1.165) is 124 Å². The lowest BCUT2D eigenvalue weighted by atomic mass is 9.98. The third kappa shape index (κ3) is 23.7. The first-order valence-electron chi connectivity index (χ1n) is 40.3. The molecule has 3 unspecified atom stereocenters. The number of aliphatic imine (C=N–C) groups is 3. The number of amides is 4. The molecule has 6 aliphatic heterocycles. The zero-order valence-corrected chi connectivity index (χ0v) is 69.3. The van der Waals surface area contributed by atoms with E-state index in [0.29, 0.717) is 106 Å². The number of carboxylic acids is 1. The second-order valence-corrected chi connectivity index (χ2v) is 32.1. The molecule has 3 fully saturated rings. The Hall–Kier alpha value is -12.1. The third-order valence-electron chi connectivity index (χ3n) is 21.2. The van der Waals surface area contributed by atoms with E-state index in [-0.39, 0.29) is 47.7 Å². The van der Waals surface area contributed by atoms with Crippen LogP contribution in [-0.2, 0) is 29.1 Å². The van der Waals surface area contributed by atoms with Gasteiger partial charge in [-0.3, -0.25) is 39.3 Å². The first-order chi connectivity index (χ1) is 57.6. The number of ether oxygens (including phenoxy) is 5. The van der Waals surface area contributed by atoms with Crippen LogP contribution >= 0.6 is 0 Å². The van der Waals surface area contributed by atoms with Crippen LogP contribution in [-0.4, -0.2) is 208 Å². The van der Waals surface area contributed by atoms with Crippen molar-refractivity contribution in [3.05, 3.63) is 267 Å². The molecule has 6 N–H and O–H groups in total. The monoisotopic (exact) mass is 1630 g/mol. The van der Waals surface area contributed by atoms with E-state index >= 15 is 0 Å². The number of hydrogen-bond donors (Lipinski definition) is 5. The first-order valence-corrected chi connectivity index (χ1v) is 40.3. The Bertz CT molecular complexity index is 5240. The molecule has 23 nitrogen and oxygen atoms in total. The van der Waals surface area contributed by atoms with Crippen LogP contribution in [0.1, 0.15) is 141 Å². The number of carbonyl (C=O) groups is 5. The molecule has 0 radical (unpaired) electrons. The van der Waals surface area contributed by atoms with E-state index in [1.807, 2.05) is 199 Å². The van der Waals surface area contributed by atoms with Gasteiger partial charge in [-0.15, -0.1) is 0 Å². The molecule has 0 spiro atoms. The predicted octanol–water partition coefficient (Wildman–Crippen LogP) is 15.1. The summed E-state index contributed by atoms with van der Waals surface area (Å²) in [6.07, 6.45) is -0.544. The number of rotatable bonds is 20. The van der Waals surface area contributed by atoms with Crippen LogP contribution in [0.3, 0.4) is 0 Å². The lowest BCUT2D eigenvalue weighted by Crippen LogP contribution is -2.51. The SMILES string of the molecule is COc1cccc(C(CN2CCN(C(=O)OC(C)(C)C)CC2)NC(=O)c2cccc(-c3ccc4c(c3)C(F)=NC4)c2)c1.COc1cccc(C(CN2CCNCC2)NC(=O)c2cccc(-c3ccc4c(c3)C(F)=NC4)c2)c1.COc1cccc(C(N)CN2CCN(C(=O)OC(C)(C)C)CC2)c1.O=C(O)c1cccc(-c2ccc3c(c2)C(F)=NC3)c1. The Morgan fingerprint density at radius 3 is 1.11 bits per heavy atom. The Balaban J connectivity index is 0.000000153. The van der Waals surface area contributed by atoms with Gasteiger partial charge < -0.3 is 60.3 Å². The summed E-state index contributed by atoms with van der Waals surface area (Å²) in [5.41, 5.74) is 18.6. The molecule has 4 amide bonds. The van der Waals surface area contributed by atoms with E-state index in [2.05, 4.69) is 45.6 Å². The van der Waals surface area contributed by atoms with Crippen molar-refractivity contribution < 1.29 is 65.9 Å². The van der Waals surface area contributed by atoms with Crippen molar-refractivity contribution in [1.29, 1.82) is 0 Å². The highest BCUT2D eigenvalue weighted by Gasteiger charge is 2.31. The second kappa shape index (κ2) is 40.1. The van der Waals surface area contributed by atoms with E-state index < -0.39 is 35.1 Å². The van der Waals surface area contributed by atoms with Crippen LogP contribution in [0.5, 0.6) is 17.2 Å². The van der Waals surface area contributed by atoms with Crippen molar-refractivity contribution in [2.75, 3.05) is 120 Å². The van der Waals surface area contributed by atoms with Crippen LogP contribution in [0.25, 0.3) is 33.4 Å². The molecular formula is C94H105F3N12O11. The quantitative estimate of drug-likeness (QED) is 0.0475. The number of nitrogens with zero attached hydrogens (tertiary/aromatic N) is 8. The van der Waals surface area contributed by atoms with Crippen molar-refractivity contribution in [2.45, 2.75) is 90.5 Å². The summed E-state index contributed by atoms with van der Waals surface area (Å²) < 4.78 is 68.7. The molecule has 628 valence electrons. The number of piperazine rings is 3. The molecule has 6 heterocycles. The molecule has 15 rings (SSSR count). The topological polar surface area (TPSA) is 267 Å². The fourth-order valence-electron chi connectivity index (χ4n) is 14.7. The Kier molecular flexibility index (Phi) is 29.2. The highest BCUT2D eigenvalue weighted by Crippen LogP contribution is 2.33. The van der Waals surface area contributed by atoms with Crippen LogP contribution in [0, 0.1) is 0 Å². The van der Waals surface area contributed by atoms with Gasteiger partial charge in [0.05, 0.1) is 58.6 Å². The van der Waals surface area contributed by atoms with Crippen LogP contribution in [0.4, 0.5) is 22.8 Å². The zero-order valence-electron chi connectivity index (χ0n) is 69.3. The molecule has 3 saturated heterocycles. The van der Waals surface area contributed by atoms with Gasteiger partial charge in [-0.1, -0.05) is 109 Å². The molecule has 0 saturated carbocycles. The number of aromatic carboxylic acids is 1. The van der Waals surface area contributed by atoms with Gasteiger partial charge >= 0.3 is 18.2 Å². The average Bonchev–Trinajstić information content (AvgIpc) is 1.62. The number of fused-ring (bicyclic) bond motifs is 3. The van der Waals surface area contributed by atoms with Crippen molar-refractivity contribution in [2.24, 2.45) is 20.7 Å². The highest BCUT2D eigenvalue weighted by atomic mass is 19.1. The summed E-state index contributed by atoms with van der Waals surface area (Å²) in [5, 5.41) is 18.8. The predicted molar refractivity (Wildman–Crippen MR) is 461 cm³/mol. The summed E-state index contributed by atoms with van der Waals surface area (Å²) in [6, 6.07) is 60.8. The molecule has 3 atom stereocenters. The normalized spacial score (nSPS) is 15.9. The number of nitrogens with one attached hydrogen (secondary N) is 3. The molecule has 26 heteroatoms. The maximum absolute atomic E-state index is 14.1. The van der Waals surface area contributed by atoms with E-state index in [1.165, 1.54) is 6.07 Å². The minimum atomic E-state index is -0.976. The minimum absolute atomic E-state index is 0.0758. The number of nitrogens with two attached hydrogens (primary N) is 1. The summed E-state index contributed by atoms with van der Waals surface area (Å²) in [7, 11) is 4.91. The van der Waals surface area contributed by atoms with Crippen molar-refractivity contribution in [1.82, 2.24) is 40.4 Å². The summed E-state index contributed by atoms with van der Waals surface area (Å²) >= 11 is 0. The van der Waals surface area contributed by atoms with E-state index in [9.17, 15) is 37.1 Å². The molecule has 6 aliphatic rings. The van der Waals surface area contributed by atoms with Crippen LogP contribution < -0.4 is 35.9 Å². The second-order valence-electron chi connectivity index (χ2n) is 32.1. The largest absolute Gasteiger partial charge is 0.497 e. The van der Waals surface area contributed by atoms with E-state index in [4.69, 9.17) is 34.5 Å². The summed E-state index contributed by atoms with van der Waals surface area (Å²) in [6.45, 7) is 23.4. The van der Waals surface area contributed by atoms with E-state index in [1.54, 1.807) is 67.5 Å². The van der Waals surface area contributed by atoms with Gasteiger partial charge in [0.15, 0.2) is 0 Å². The highest BCUT2D eigenvalue weighted by molar-refractivity contribution is 6.01. The van der Waals surface area contributed by atoms with Gasteiger partial charge in [0.25, 0.3) is 11.8 Å². The lowest BCUT2D eigenvalue weighted by Gasteiger charge is -2.37. The third-order valence-corrected chi connectivity index (χ3v) is 21.2. The maximum Gasteiger partial charge on any atom is 0.410 e. The van der Waals surface area contributed by atoms with Gasteiger partial charge in [-0.2, -0.15) is 13.2 Å². The van der Waals surface area contributed by atoms with Gasteiger partial charge in [-0.05, 0) is 199 Å². The fraction of sp³-hybridized carbons (Fsp3) is 0.340. The molecule has 120 heavy (non-hydrogen) atoms. The van der Waals surface area contributed by atoms with Crippen molar-refractivity contribution >= 4 is 47.9 Å². The number of methoxy groups -OCH3 is 3. The van der Waals surface area contributed by atoms with Gasteiger partial charge in [0.1, 0.15) is 28.5 Å². The maximum atomic E-state index is 14.1. The van der Waals surface area contributed by atoms with Crippen molar-refractivity contribution in [3.63, 3.8) is 0 Å².